The van der Waals surface area contributed by atoms with Gasteiger partial charge < -0.3 is 10.1 Å². The number of aromatic nitrogens is 1. The van der Waals surface area contributed by atoms with Crippen molar-refractivity contribution in [2.75, 3.05) is 13.7 Å². The minimum atomic E-state index is 0.301. The molecule has 0 fully saturated rings. The molecule has 2 rings (SSSR count). The van der Waals surface area contributed by atoms with Crippen molar-refractivity contribution in [2.24, 2.45) is 0 Å². The quantitative estimate of drug-likeness (QED) is 0.881. The first-order chi connectivity index (χ1) is 9.63. The minimum absolute atomic E-state index is 0.301. The van der Waals surface area contributed by atoms with Crippen molar-refractivity contribution in [2.45, 2.75) is 33.2 Å². The lowest BCUT2D eigenvalue weighted by Gasteiger charge is -2.18. The Bertz CT molecular complexity index is 565. The molecule has 0 amide bonds. The maximum atomic E-state index is 5.33. The van der Waals surface area contributed by atoms with Crippen LogP contribution in [0.2, 0.25) is 0 Å². The van der Waals surface area contributed by atoms with Crippen molar-refractivity contribution in [3.05, 3.63) is 45.4 Å². The molecule has 3 nitrogen and oxygen atoms in total. The van der Waals surface area contributed by atoms with Crippen LogP contribution < -0.4 is 10.1 Å². The summed E-state index contributed by atoms with van der Waals surface area (Å²) >= 11 is 1.73. The fourth-order valence-corrected chi connectivity index (χ4v) is 3.16. The van der Waals surface area contributed by atoms with E-state index < -0.39 is 0 Å². The topological polar surface area (TPSA) is 34.2 Å². The van der Waals surface area contributed by atoms with Gasteiger partial charge in [-0.05, 0) is 37.6 Å². The molecule has 1 heterocycles. The maximum Gasteiger partial charge on any atom is 0.121 e. The van der Waals surface area contributed by atoms with Crippen LogP contribution in [-0.4, -0.2) is 18.6 Å². The normalized spacial score (nSPS) is 12.4. The molecule has 20 heavy (non-hydrogen) atoms. The van der Waals surface area contributed by atoms with E-state index in [-0.39, 0.29) is 0 Å². The highest BCUT2D eigenvalue weighted by atomic mass is 32.1. The summed E-state index contributed by atoms with van der Waals surface area (Å²) in [5.74, 6) is 0.939. The van der Waals surface area contributed by atoms with E-state index in [0.717, 1.165) is 24.4 Å². The second-order valence-electron chi connectivity index (χ2n) is 4.93. The predicted octanol–water partition coefficient (Wildman–Crippen LogP) is 3.66. The molecular formula is C16H22N2OS. The van der Waals surface area contributed by atoms with Crippen LogP contribution in [0.4, 0.5) is 0 Å². The summed E-state index contributed by atoms with van der Waals surface area (Å²) in [4.78, 5) is 4.57. The lowest BCUT2D eigenvalue weighted by molar-refractivity contribution is 0.411. The summed E-state index contributed by atoms with van der Waals surface area (Å²) in [6, 6.07) is 6.68. The first kappa shape index (κ1) is 15.0. The molecule has 0 aliphatic rings. The Kier molecular flexibility index (Phi) is 5.15. The molecule has 2 aromatic rings. The first-order valence-corrected chi connectivity index (χ1v) is 7.81. The second-order valence-corrected chi connectivity index (χ2v) is 5.87. The number of likely N-dealkylation sites (N-methyl/N-ethyl adjacent to an activating group) is 1. The highest BCUT2D eigenvalue weighted by Crippen LogP contribution is 2.25. The van der Waals surface area contributed by atoms with Crippen molar-refractivity contribution in [1.29, 1.82) is 0 Å². The van der Waals surface area contributed by atoms with Gasteiger partial charge in [0.15, 0.2) is 0 Å². The van der Waals surface area contributed by atoms with Crippen LogP contribution in [-0.2, 0) is 6.42 Å². The van der Waals surface area contributed by atoms with E-state index in [1.807, 2.05) is 13.0 Å². The van der Waals surface area contributed by atoms with Gasteiger partial charge in [0.05, 0.1) is 12.1 Å². The number of nitrogens with one attached hydrogen (secondary N) is 1. The standard InChI is InChI=1S/C16H22N2OS/c1-5-17-14(9-16-18-12(3)10-20-16)13-6-7-15(19-4)11(2)8-13/h6-8,10,14,17H,5,9H2,1-4H3. The van der Waals surface area contributed by atoms with Crippen molar-refractivity contribution in [3.63, 3.8) is 0 Å². The van der Waals surface area contributed by atoms with Gasteiger partial charge in [-0.3, -0.25) is 0 Å². The maximum absolute atomic E-state index is 5.33. The average Bonchev–Trinajstić information content (AvgIpc) is 2.83. The van der Waals surface area contributed by atoms with Gasteiger partial charge in [0.25, 0.3) is 0 Å². The molecular weight excluding hydrogens is 268 g/mol. The summed E-state index contributed by atoms with van der Waals surface area (Å²) in [5, 5.41) is 6.84. The van der Waals surface area contributed by atoms with E-state index in [1.165, 1.54) is 16.1 Å². The molecule has 1 atom stereocenters. The summed E-state index contributed by atoms with van der Waals surface area (Å²) < 4.78 is 5.33. The molecule has 0 aliphatic carbocycles. The van der Waals surface area contributed by atoms with Gasteiger partial charge in [0.1, 0.15) is 5.75 Å². The number of ether oxygens (including phenoxy) is 1. The summed E-state index contributed by atoms with van der Waals surface area (Å²) in [5.41, 5.74) is 3.56. The Morgan fingerprint density at radius 1 is 1.35 bits per heavy atom. The Morgan fingerprint density at radius 3 is 2.70 bits per heavy atom. The van der Waals surface area contributed by atoms with Crippen LogP contribution in [0.3, 0.4) is 0 Å². The van der Waals surface area contributed by atoms with Crippen LogP contribution in [0.15, 0.2) is 23.6 Å². The molecule has 1 unspecified atom stereocenters. The largest absolute Gasteiger partial charge is 0.496 e. The van der Waals surface area contributed by atoms with Gasteiger partial charge in [-0.1, -0.05) is 19.1 Å². The number of hydrogen-bond donors (Lipinski definition) is 1. The van der Waals surface area contributed by atoms with Gasteiger partial charge in [0, 0.05) is 23.5 Å². The number of benzene rings is 1. The third-order valence-corrected chi connectivity index (χ3v) is 4.31. The van der Waals surface area contributed by atoms with E-state index in [9.17, 15) is 0 Å². The predicted molar refractivity (Wildman–Crippen MR) is 84.7 cm³/mol. The second kappa shape index (κ2) is 6.86. The Morgan fingerprint density at radius 2 is 2.15 bits per heavy atom. The Hall–Kier alpha value is -1.39. The molecule has 0 radical (unpaired) electrons. The molecule has 4 heteroatoms. The van der Waals surface area contributed by atoms with Gasteiger partial charge in [-0.15, -0.1) is 11.3 Å². The number of aryl methyl sites for hydroxylation is 2. The molecule has 0 aliphatic heterocycles. The summed E-state index contributed by atoms with van der Waals surface area (Å²) in [7, 11) is 1.71. The van der Waals surface area contributed by atoms with Crippen molar-refractivity contribution >= 4 is 11.3 Å². The molecule has 0 bridgehead atoms. The third-order valence-electron chi connectivity index (χ3n) is 3.32. The van der Waals surface area contributed by atoms with Crippen LogP contribution in [0.25, 0.3) is 0 Å². The van der Waals surface area contributed by atoms with Gasteiger partial charge in [-0.2, -0.15) is 0 Å². The van der Waals surface area contributed by atoms with Crippen molar-refractivity contribution < 1.29 is 4.74 Å². The number of nitrogens with zero attached hydrogens (tertiary/aromatic N) is 1. The zero-order valence-corrected chi connectivity index (χ0v) is 13.4. The van der Waals surface area contributed by atoms with Crippen LogP contribution in [0.1, 0.15) is 34.8 Å². The van der Waals surface area contributed by atoms with Crippen LogP contribution in [0.5, 0.6) is 5.75 Å². The van der Waals surface area contributed by atoms with Crippen LogP contribution in [0, 0.1) is 13.8 Å². The highest BCUT2D eigenvalue weighted by Gasteiger charge is 2.14. The molecule has 1 aromatic carbocycles. The molecule has 0 spiro atoms. The monoisotopic (exact) mass is 290 g/mol. The number of methoxy groups -OCH3 is 1. The molecule has 0 saturated carbocycles. The number of thiazole rings is 1. The summed E-state index contributed by atoms with van der Waals surface area (Å²) in [6.07, 6.45) is 0.929. The van der Waals surface area contributed by atoms with Gasteiger partial charge in [0.2, 0.25) is 0 Å². The van der Waals surface area contributed by atoms with Crippen molar-refractivity contribution in [3.8, 4) is 5.75 Å². The Balaban J connectivity index is 2.21. The fourth-order valence-electron chi connectivity index (χ4n) is 2.34. The molecule has 1 N–H and O–H groups in total. The van der Waals surface area contributed by atoms with E-state index in [2.05, 4.69) is 41.7 Å². The van der Waals surface area contributed by atoms with Gasteiger partial charge >= 0.3 is 0 Å². The van der Waals surface area contributed by atoms with Gasteiger partial charge in [-0.25, -0.2) is 4.98 Å². The van der Waals surface area contributed by atoms with Crippen LogP contribution >= 0.6 is 11.3 Å². The minimum Gasteiger partial charge on any atom is -0.496 e. The highest BCUT2D eigenvalue weighted by molar-refractivity contribution is 7.09. The summed E-state index contributed by atoms with van der Waals surface area (Å²) in [6.45, 7) is 7.20. The zero-order valence-electron chi connectivity index (χ0n) is 12.6. The lowest BCUT2D eigenvalue weighted by atomic mass is 10.0. The SMILES string of the molecule is CCNC(Cc1nc(C)cs1)c1ccc(OC)c(C)c1. The lowest BCUT2D eigenvalue weighted by Crippen LogP contribution is -2.23. The van der Waals surface area contributed by atoms with E-state index in [1.54, 1.807) is 18.4 Å². The molecule has 108 valence electrons. The van der Waals surface area contributed by atoms with E-state index >= 15 is 0 Å². The third kappa shape index (κ3) is 3.58. The van der Waals surface area contributed by atoms with E-state index in [0.29, 0.717) is 6.04 Å². The van der Waals surface area contributed by atoms with Crippen molar-refractivity contribution in [1.82, 2.24) is 10.3 Å². The average molecular weight is 290 g/mol. The first-order valence-electron chi connectivity index (χ1n) is 6.93. The zero-order chi connectivity index (χ0) is 14.5. The molecule has 0 saturated heterocycles. The molecule has 1 aromatic heterocycles. The Labute approximate surface area is 125 Å². The van der Waals surface area contributed by atoms with E-state index in [4.69, 9.17) is 4.74 Å². The smallest absolute Gasteiger partial charge is 0.121 e. The number of rotatable bonds is 6. The fraction of sp³-hybridized carbons (Fsp3) is 0.438. The number of hydrogen-bond acceptors (Lipinski definition) is 4.